The van der Waals surface area contributed by atoms with Crippen LogP contribution in [-0.2, 0) is 0 Å². The number of aryl methyl sites for hydroxylation is 2. The Bertz CT molecular complexity index is 1340. The van der Waals surface area contributed by atoms with Gasteiger partial charge < -0.3 is 15.0 Å². The number of rotatable bonds is 3. The molecule has 146 valence electrons. The van der Waals surface area contributed by atoms with E-state index in [-0.39, 0.29) is 11.0 Å². The summed E-state index contributed by atoms with van der Waals surface area (Å²) >= 11 is 6.13. The molecule has 2 aromatic heterocycles. The minimum Gasteiger partial charge on any atom is -0.494 e. The largest absolute Gasteiger partial charge is 0.494 e. The fourth-order valence-electron chi connectivity index (χ4n) is 3.39. The Morgan fingerprint density at radius 2 is 1.97 bits per heavy atom. The number of nitrogens with one attached hydrogen (secondary N) is 2. The zero-order valence-corrected chi connectivity index (χ0v) is 16.8. The van der Waals surface area contributed by atoms with Gasteiger partial charge in [-0.2, -0.15) is 0 Å². The molecular formula is C22H18ClN3O3. The SMILES string of the molecule is COc1cccc2c(NC(=O)c3c[nH]c4c(C)c(Cl)ccc4c3=O)cc(C)nc12. The third-order valence-corrected chi connectivity index (χ3v) is 5.30. The summed E-state index contributed by atoms with van der Waals surface area (Å²) < 4.78 is 5.37. The van der Waals surface area contributed by atoms with Crippen molar-refractivity contribution < 1.29 is 9.53 Å². The zero-order chi connectivity index (χ0) is 20.7. The van der Waals surface area contributed by atoms with Gasteiger partial charge in [-0.05, 0) is 43.7 Å². The Balaban J connectivity index is 1.80. The maximum absolute atomic E-state index is 12.9. The number of hydrogen-bond acceptors (Lipinski definition) is 4. The fourth-order valence-corrected chi connectivity index (χ4v) is 3.55. The molecule has 0 fully saturated rings. The molecule has 0 aliphatic rings. The molecule has 4 rings (SSSR count). The van der Waals surface area contributed by atoms with E-state index in [9.17, 15) is 9.59 Å². The lowest BCUT2D eigenvalue weighted by atomic mass is 10.1. The van der Waals surface area contributed by atoms with Crippen molar-refractivity contribution in [3.63, 3.8) is 0 Å². The summed E-state index contributed by atoms with van der Waals surface area (Å²) in [5.74, 6) is 0.105. The quantitative estimate of drug-likeness (QED) is 0.519. The first-order valence-corrected chi connectivity index (χ1v) is 9.34. The number of aromatic nitrogens is 2. The van der Waals surface area contributed by atoms with Gasteiger partial charge in [-0.25, -0.2) is 4.98 Å². The summed E-state index contributed by atoms with van der Waals surface area (Å²) in [6, 6.07) is 10.5. The molecule has 2 N–H and O–H groups in total. The molecule has 1 amide bonds. The van der Waals surface area contributed by atoms with Crippen LogP contribution in [0.3, 0.4) is 0 Å². The second-order valence-corrected chi connectivity index (χ2v) is 7.16. The summed E-state index contributed by atoms with van der Waals surface area (Å²) in [6.07, 6.45) is 1.42. The van der Waals surface area contributed by atoms with Crippen LogP contribution in [0.2, 0.25) is 5.02 Å². The average Bonchev–Trinajstić information content (AvgIpc) is 2.70. The van der Waals surface area contributed by atoms with Crippen molar-refractivity contribution in [1.82, 2.24) is 9.97 Å². The number of ether oxygens (including phenoxy) is 1. The van der Waals surface area contributed by atoms with Gasteiger partial charge in [-0.1, -0.05) is 23.7 Å². The molecule has 0 spiro atoms. The molecule has 0 unspecified atom stereocenters. The van der Waals surface area contributed by atoms with E-state index in [2.05, 4.69) is 15.3 Å². The Labute approximate surface area is 171 Å². The van der Waals surface area contributed by atoms with Crippen molar-refractivity contribution >= 4 is 45.0 Å². The van der Waals surface area contributed by atoms with Crippen LogP contribution in [0.15, 0.2) is 47.4 Å². The van der Waals surface area contributed by atoms with E-state index >= 15 is 0 Å². The second-order valence-electron chi connectivity index (χ2n) is 6.75. The smallest absolute Gasteiger partial charge is 0.261 e. The van der Waals surface area contributed by atoms with Crippen molar-refractivity contribution in [2.45, 2.75) is 13.8 Å². The van der Waals surface area contributed by atoms with Crippen molar-refractivity contribution in [3.05, 3.63) is 74.7 Å². The van der Waals surface area contributed by atoms with Crippen LogP contribution in [-0.4, -0.2) is 23.0 Å². The van der Waals surface area contributed by atoms with Crippen molar-refractivity contribution in [1.29, 1.82) is 0 Å². The number of anilines is 1. The van der Waals surface area contributed by atoms with Crippen molar-refractivity contribution in [2.75, 3.05) is 12.4 Å². The van der Waals surface area contributed by atoms with Gasteiger partial charge in [0.1, 0.15) is 16.8 Å². The first-order valence-electron chi connectivity index (χ1n) is 8.97. The van der Waals surface area contributed by atoms with Gasteiger partial charge in [0.2, 0.25) is 5.43 Å². The number of methoxy groups -OCH3 is 1. The van der Waals surface area contributed by atoms with E-state index in [1.165, 1.54) is 6.20 Å². The van der Waals surface area contributed by atoms with Gasteiger partial charge in [0, 0.05) is 27.7 Å². The van der Waals surface area contributed by atoms with E-state index in [0.29, 0.717) is 32.9 Å². The van der Waals surface area contributed by atoms with Gasteiger partial charge >= 0.3 is 0 Å². The lowest BCUT2D eigenvalue weighted by Gasteiger charge is -2.12. The lowest BCUT2D eigenvalue weighted by Crippen LogP contribution is -2.22. The van der Waals surface area contributed by atoms with E-state index in [0.717, 1.165) is 16.6 Å². The normalized spacial score (nSPS) is 11.0. The monoisotopic (exact) mass is 407 g/mol. The van der Waals surface area contributed by atoms with Gasteiger partial charge in [0.25, 0.3) is 5.91 Å². The van der Waals surface area contributed by atoms with Crippen LogP contribution in [0.1, 0.15) is 21.6 Å². The zero-order valence-electron chi connectivity index (χ0n) is 16.1. The maximum atomic E-state index is 12.9. The van der Waals surface area contributed by atoms with Crippen molar-refractivity contribution in [2.24, 2.45) is 0 Å². The minimum atomic E-state index is -0.504. The number of nitrogens with zero attached hydrogens (tertiary/aromatic N) is 1. The number of carbonyl (C=O) groups is 1. The standard InChI is InChI=1S/C22H18ClN3O3/c1-11-9-17(13-5-4-6-18(29-3)20(13)25-11)26-22(28)15-10-24-19-12(2)16(23)8-7-14(19)21(15)27/h4-10H,1-3H3,(H,24,27)(H,25,26,28). The molecule has 0 radical (unpaired) electrons. The topological polar surface area (TPSA) is 84.1 Å². The number of halogens is 1. The molecule has 0 bridgehead atoms. The Morgan fingerprint density at radius 3 is 2.72 bits per heavy atom. The van der Waals surface area contributed by atoms with Gasteiger partial charge in [-0.3, -0.25) is 9.59 Å². The highest BCUT2D eigenvalue weighted by molar-refractivity contribution is 6.32. The number of pyridine rings is 2. The molecule has 29 heavy (non-hydrogen) atoms. The number of carbonyl (C=O) groups excluding carboxylic acids is 1. The van der Waals surface area contributed by atoms with E-state index in [4.69, 9.17) is 16.3 Å². The van der Waals surface area contributed by atoms with Gasteiger partial charge in [0.15, 0.2) is 0 Å². The number of benzene rings is 2. The number of fused-ring (bicyclic) bond motifs is 2. The number of H-pyrrole nitrogens is 1. The van der Waals surface area contributed by atoms with E-state index in [1.54, 1.807) is 25.3 Å². The number of aromatic amines is 1. The third-order valence-electron chi connectivity index (χ3n) is 4.89. The first kappa shape index (κ1) is 19.0. The first-order chi connectivity index (χ1) is 13.9. The molecule has 4 aromatic rings. The number of amides is 1. The molecule has 2 heterocycles. The van der Waals surface area contributed by atoms with Crippen LogP contribution in [0.4, 0.5) is 5.69 Å². The molecule has 0 atom stereocenters. The molecular weight excluding hydrogens is 390 g/mol. The maximum Gasteiger partial charge on any atom is 0.261 e. The highest BCUT2D eigenvalue weighted by Gasteiger charge is 2.17. The Hall–Kier alpha value is -3.38. The number of para-hydroxylation sites is 1. The van der Waals surface area contributed by atoms with Crippen LogP contribution >= 0.6 is 11.6 Å². The van der Waals surface area contributed by atoms with Crippen LogP contribution < -0.4 is 15.5 Å². The summed E-state index contributed by atoms with van der Waals surface area (Å²) in [6.45, 7) is 3.65. The van der Waals surface area contributed by atoms with E-state index < -0.39 is 5.91 Å². The minimum absolute atomic E-state index is 0.0183. The van der Waals surface area contributed by atoms with Gasteiger partial charge in [0.05, 0.1) is 18.3 Å². The lowest BCUT2D eigenvalue weighted by molar-refractivity contribution is 0.102. The summed E-state index contributed by atoms with van der Waals surface area (Å²) in [5, 5.41) is 4.54. The molecule has 0 aliphatic heterocycles. The van der Waals surface area contributed by atoms with Crippen LogP contribution in [0, 0.1) is 13.8 Å². The Kier molecular flexibility index (Phi) is 4.72. The average molecular weight is 408 g/mol. The predicted octanol–water partition coefficient (Wildman–Crippen LogP) is 4.61. The third kappa shape index (κ3) is 3.21. The molecule has 0 saturated heterocycles. The molecule has 6 nitrogen and oxygen atoms in total. The second kappa shape index (κ2) is 7.22. The fraction of sp³-hybridized carbons (Fsp3) is 0.136. The van der Waals surface area contributed by atoms with Crippen molar-refractivity contribution in [3.8, 4) is 5.75 Å². The molecule has 2 aromatic carbocycles. The Morgan fingerprint density at radius 1 is 1.17 bits per heavy atom. The highest BCUT2D eigenvalue weighted by atomic mass is 35.5. The molecule has 7 heteroatoms. The van der Waals surface area contributed by atoms with Crippen LogP contribution in [0.25, 0.3) is 21.8 Å². The van der Waals surface area contributed by atoms with Crippen LogP contribution in [0.5, 0.6) is 5.75 Å². The van der Waals surface area contributed by atoms with Gasteiger partial charge in [-0.15, -0.1) is 0 Å². The summed E-state index contributed by atoms with van der Waals surface area (Å²) in [7, 11) is 1.57. The summed E-state index contributed by atoms with van der Waals surface area (Å²) in [5.41, 5.74) is 2.96. The molecule has 0 aliphatic carbocycles. The molecule has 0 saturated carbocycles. The predicted molar refractivity (Wildman–Crippen MR) is 115 cm³/mol. The van der Waals surface area contributed by atoms with E-state index in [1.807, 2.05) is 32.0 Å². The highest BCUT2D eigenvalue weighted by Crippen LogP contribution is 2.30. The number of hydrogen-bond donors (Lipinski definition) is 2. The summed E-state index contributed by atoms with van der Waals surface area (Å²) in [4.78, 5) is 33.4.